The van der Waals surface area contributed by atoms with Crippen molar-refractivity contribution in [1.29, 1.82) is 0 Å². The van der Waals surface area contributed by atoms with E-state index in [1.807, 2.05) is 20.9 Å². The van der Waals surface area contributed by atoms with Crippen LogP contribution in [0.15, 0.2) is 30.3 Å². The topological polar surface area (TPSA) is 27.7 Å². The molecule has 0 atom stereocenters. The van der Waals surface area contributed by atoms with E-state index in [2.05, 4.69) is 52.7 Å². The van der Waals surface area contributed by atoms with E-state index in [1.54, 1.807) is 0 Å². The first-order valence-corrected chi connectivity index (χ1v) is 9.59. The maximum absolute atomic E-state index is 5.43. The molecule has 0 aromatic heterocycles. The van der Waals surface area contributed by atoms with E-state index >= 15 is 0 Å². The van der Waals surface area contributed by atoms with Crippen LogP contribution in [0.3, 0.4) is 0 Å². The largest absolute Gasteiger partial charge is 0.372 e. The molecule has 2 aliphatic rings. The van der Waals surface area contributed by atoms with Crippen molar-refractivity contribution >= 4 is 5.69 Å². The first-order valence-electron chi connectivity index (χ1n) is 9.59. The molecule has 3 rings (SSSR count). The van der Waals surface area contributed by atoms with Crippen LogP contribution < -0.4 is 10.4 Å². The highest BCUT2D eigenvalue weighted by Gasteiger charge is 2.34. The maximum Gasteiger partial charge on any atom is 0.0820 e. The van der Waals surface area contributed by atoms with Crippen LogP contribution in [0, 0.1) is 5.92 Å². The molecule has 1 N–H and O–H groups in total. The van der Waals surface area contributed by atoms with Crippen molar-refractivity contribution in [2.24, 2.45) is 5.92 Å². The molecular weight excluding hydrogens is 298 g/mol. The molecule has 1 saturated heterocycles. The molecule has 0 radical (unpaired) electrons. The highest BCUT2D eigenvalue weighted by atomic mass is 16.7. The minimum atomic E-state index is 0.414. The summed E-state index contributed by atoms with van der Waals surface area (Å²) in [5.41, 5.74) is 4.18. The molecule has 1 saturated carbocycles. The van der Waals surface area contributed by atoms with Gasteiger partial charge in [-0.1, -0.05) is 32.0 Å². The first kappa shape index (κ1) is 19.2. The third-order valence-corrected chi connectivity index (χ3v) is 5.26. The summed E-state index contributed by atoms with van der Waals surface area (Å²) in [6.07, 6.45) is 5.36. The number of benzene rings is 1. The molecule has 4 nitrogen and oxygen atoms in total. The van der Waals surface area contributed by atoms with E-state index < -0.39 is 0 Å². The minimum Gasteiger partial charge on any atom is -0.372 e. The fourth-order valence-corrected chi connectivity index (χ4v) is 3.73. The third-order valence-electron chi connectivity index (χ3n) is 5.26. The van der Waals surface area contributed by atoms with Crippen LogP contribution in [0.2, 0.25) is 0 Å². The number of hydroxylamine groups is 1. The fourth-order valence-electron chi connectivity index (χ4n) is 3.73. The number of rotatable bonds is 6. The van der Waals surface area contributed by atoms with E-state index in [1.165, 1.54) is 51.0 Å². The number of piperidine rings is 1. The Kier molecular flexibility index (Phi) is 8.03. The Hall–Kier alpha value is -1.10. The smallest absolute Gasteiger partial charge is 0.0820 e. The zero-order valence-electron chi connectivity index (χ0n) is 15.9. The molecule has 2 fully saturated rings. The number of para-hydroxylation sites is 1. The summed E-state index contributed by atoms with van der Waals surface area (Å²) in [6, 6.07) is 11.5. The second-order valence-electron chi connectivity index (χ2n) is 6.77. The van der Waals surface area contributed by atoms with Crippen molar-refractivity contribution in [2.45, 2.75) is 51.7 Å². The highest BCUT2D eigenvalue weighted by Crippen LogP contribution is 2.29. The third kappa shape index (κ3) is 5.20. The summed E-state index contributed by atoms with van der Waals surface area (Å²) in [5.74, 6) is 0.842. The van der Waals surface area contributed by atoms with Crippen molar-refractivity contribution in [3.63, 3.8) is 0 Å². The van der Waals surface area contributed by atoms with Gasteiger partial charge in [0.1, 0.15) is 0 Å². The molecule has 0 amide bonds. The maximum atomic E-state index is 5.43. The molecule has 0 unspecified atom stereocenters. The van der Waals surface area contributed by atoms with Gasteiger partial charge < -0.3 is 9.80 Å². The van der Waals surface area contributed by atoms with Gasteiger partial charge in [0.2, 0.25) is 0 Å². The van der Waals surface area contributed by atoms with Gasteiger partial charge in [0.25, 0.3) is 0 Å². The Labute approximate surface area is 148 Å². The van der Waals surface area contributed by atoms with Crippen molar-refractivity contribution in [1.82, 2.24) is 10.4 Å². The molecule has 4 heteroatoms. The lowest BCUT2D eigenvalue weighted by molar-refractivity contribution is -0.0884. The quantitative estimate of drug-likeness (QED) is 0.806. The average molecular weight is 334 g/mol. The lowest BCUT2D eigenvalue weighted by atomic mass is 9.87. The lowest BCUT2D eigenvalue weighted by Crippen LogP contribution is -2.49. The Morgan fingerprint density at radius 3 is 2.33 bits per heavy atom. The number of nitrogens with zero attached hydrogens (tertiary/aromatic N) is 2. The first-order chi connectivity index (χ1) is 11.8. The second-order valence-corrected chi connectivity index (χ2v) is 6.77. The number of nitrogens with one attached hydrogen (secondary N) is 1. The summed E-state index contributed by atoms with van der Waals surface area (Å²) >= 11 is 0. The van der Waals surface area contributed by atoms with E-state index in [0.29, 0.717) is 12.1 Å². The predicted molar refractivity (Wildman–Crippen MR) is 102 cm³/mol. The monoisotopic (exact) mass is 333 g/mol. The summed E-state index contributed by atoms with van der Waals surface area (Å²) in [6.45, 7) is 7.62. The van der Waals surface area contributed by atoms with E-state index in [9.17, 15) is 0 Å². The Balaban J connectivity index is 0.00000100. The second kappa shape index (κ2) is 10.0. The molecule has 0 spiro atoms. The predicted octanol–water partition coefficient (Wildman–Crippen LogP) is 3.54. The highest BCUT2D eigenvalue weighted by molar-refractivity contribution is 5.46. The Morgan fingerprint density at radius 1 is 1.12 bits per heavy atom. The van der Waals surface area contributed by atoms with Gasteiger partial charge in [0.15, 0.2) is 0 Å². The standard InChI is InChI=1S/C18H29N3O.C2H6/c1-19-22-18-12-17(13-18)20(2)14-15-8-10-21(11-9-15)16-6-4-3-5-7-16;1-2/h3-7,15,17-19H,8-14H2,1-2H3;1-2H3. The molecule has 1 aromatic carbocycles. The van der Waals surface area contributed by atoms with Crippen molar-refractivity contribution in [3.8, 4) is 0 Å². The molecule has 136 valence electrons. The van der Waals surface area contributed by atoms with Crippen LogP contribution >= 0.6 is 0 Å². The summed E-state index contributed by atoms with van der Waals surface area (Å²) in [4.78, 5) is 10.5. The van der Waals surface area contributed by atoms with Crippen LogP contribution in [-0.2, 0) is 4.84 Å². The molecule has 1 aliphatic heterocycles. The normalized spacial score (nSPS) is 24.3. The van der Waals surface area contributed by atoms with E-state index in [4.69, 9.17) is 4.84 Å². The molecule has 0 bridgehead atoms. The Bertz CT molecular complexity index is 439. The average Bonchev–Trinajstić information content (AvgIpc) is 2.61. The molecular formula is C20H35N3O. The molecule has 1 heterocycles. The van der Waals surface area contributed by atoms with Gasteiger partial charge >= 0.3 is 0 Å². The van der Waals surface area contributed by atoms with Crippen molar-refractivity contribution in [2.75, 3.05) is 38.6 Å². The van der Waals surface area contributed by atoms with Gasteiger partial charge in [-0.05, 0) is 50.8 Å². The SMILES string of the molecule is CC.CNOC1CC(N(C)CC2CCN(c3ccccc3)CC2)C1. The van der Waals surface area contributed by atoms with Gasteiger partial charge in [-0.15, -0.1) is 0 Å². The van der Waals surface area contributed by atoms with E-state index in [0.717, 1.165) is 5.92 Å². The number of hydrogen-bond acceptors (Lipinski definition) is 4. The zero-order chi connectivity index (χ0) is 17.4. The summed E-state index contributed by atoms with van der Waals surface area (Å²) in [7, 11) is 4.13. The van der Waals surface area contributed by atoms with Gasteiger partial charge in [-0.25, -0.2) is 5.48 Å². The zero-order valence-corrected chi connectivity index (χ0v) is 15.9. The van der Waals surface area contributed by atoms with Crippen LogP contribution in [0.25, 0.3) is 0 Å². The summed E-state index contributed by atoms with van der Waals surface area (Å²) < 4.78 is 0. The molecule has 1 aromatic rings. The van der Waals surface area contributed by atoms with Crippen molar-refractivity contribution < 1.29 is 4.84 Å². The Morgan fingerprint density at radius 2 is 1.75 bits per heavy atom. The number of anilines is 1. The van der Waals surface area contributed by atoms with Crippen LogP contribution in [-0.4, -0.2) is 50.8 Å². The molecule has 24 heavy (non-hydrogen) atoms. The van der Waals surface area contributed by atoms with Crippen LogP contribution in [0.5, 0.6) is 0 Å². The van der Waals surface area contributed by atoms with Gasteiger partial charge in [-0.2, -0.15) is 0 Å². The van der Waals surface area contributed by atoms with Gasteiger partial charge in [0, 0.05) is 38.4 Å². The molecule has 1 aliphatic carbocycles. The van der Waals surface area contributed by atoms with Crippen LogP contribution in [0.1, 0.15) is 39.5 Å². The lowest BCUT2D eigenvalue weighted by Gasteiger charge is -2.43. The van der Waals surface area contributed by atoms with Crippen molar-refractivity contribution in [3.05, 3.63) is 30.3 Å². The van der Waals surface area contributed by atoms with Gasteiger partial charge in [0.05, 0.1) is 6.10 Å². The van der Waals surface area contributed by atoms with Gasteiger partial charge in [-0.3, -0.25) is 4.84 Å². The van der Waals surface area contributed by atoms with Crippen LogP contribution in [0.4, 0.5) is 5.69 Å². The summed E-state index contributed by atoms with van der Waals surface area (Å²) in [5, 5.41) is 0. The van der Waals surface area contributed by atoms with E-state index in [-0.39, 0.29) is 0 Å². The number of hydrogen-bond donors (Lipinski definition) is 1. The fraction of sp³-hybridized carbons (Fsp3) is 0.700. The minimum absolute atomic E-state index is 0.414.